The first-order chi connectivity index (χ1) is 13.5. The smallest absolute Gasteiger partial charge is 0.341 e. The molecule has 0 radical (unpaired) electrons. The molecule has 0 aliphatic rings. The molecule has 0 amide bonds. The van der Waals surface area contributed by atoms with Crippen LogP contribution >= 0.6 is 11.3 Å². The van der Waals surface area contributed by atoms with Crippen LogP contribution in [0.15, 0.2) is 53.9 Å². The summed E-state index contributed by atoms with van der Waals surface area (Å²) in [4.78, 5) is 24.9. The second-order valence-electron chi connectivity index (χ2n) is 6.22. The van der Waals surface area contributed by atoms with Crippen LogP contribution in [0.25, 0.3) is 11.1 Å². The highest BCUT2D eigenvalue weighted by Crippen LogP contribution is 2.36. The van der Waals surface area contributed by atoms with E-state index in [4.69, 9.17) is 4.74 Å². The minimum atomic E-state index is -0.434. The summed E-state index contributed by atoms with van der Waals surface area (Å²) in [7, 11) is 0. The van der Waals surface area contributed by atoms with Crippen molar-refractivity contribution >= 4 is 28.1 Å². The maximum atomic E-state index is 13.0. The van der Waals surface area contributed by atoms with E-state index in [1.54, 1.807) is 6.92 Å². The number of hydrogen-bond donors (Lipinski definition) is 1. The quantitative estimate of drug-likeness (QED) is 0.432. The summed E-state index contributed by atoms with van der Waals surface area (Å²) in [5.74, 6) is -1.02. The predicted octanol–water partition coefficient (Wildman–Crippen LogP) is 5.33. The van der Waals surface area contributed by atoms with Gasteiger partial charge in [-0.15, -0.1) is 11.3 Å². The third kappa shape index (κ3) is 4.46. The summed E-state index contributed by atoms with van der Waals surface area (Å²) in [6, 6.07) is 13.2. The molecule has 0 saturated heterocycles. The molecule has 3 aromatic rings. The molecule has 0 bridgehead atoms. The molecule has 0 unspecified atom stereocenters. The molecule has 1 aromatic heterocycles. The number of rotatable bonds is 7. The number of benzene rings is 2. The van der Waals surface area contributed by atoms with Crippen molar-refractivity contribution in [3.8, 4) is 11.1 Å². The minimum absolute atomic E-state index is 0.00805. The van der Waals surface area contributed by atoms with Gasteiger partial charge in [-0.25, -0.2) is 9.18 Å². The van der Waals surface area contributed by atoms with Gasteiger partial charge >= 0.3 is 5.97 Å². The topological polar surface area (TPSA) is 55.4 Å². The number of anilines is 1. The molecular weight excluding hydrogens is 377 g/mol. The number of aryl methyl sites for hydroxylation is 1. The van der Waals surface area contributed by atoms with Crippen LogP contribution in [-0.4, -0.2) is 24.9 Å². The van der Waals surface area contributed by atoms with Gasteiger partial charge in [-0.3, -0.25) is 4.79 Å². The zero-order valence-electron chi connectivity index (χ0n) is 15.6. The second kappa shape index (κ2) is 8.80. The number of hydrogen-bond acceptors (Lipinski definition) is 5. The lowest BCUT2D eigenvalue weighted by molar-refractivity contribution is 0.0528. The largest absolute Gasteiger partial charge is 0.462 e. The van der Waals surface area contributed by atoms with Crippen LogP contribution in [0.5, 0.6) is 0 Å². The first-order valence-corrected chi connectivity index (χ1v) is 9.76. The zero-order valence-corrected chi connectivity index (χ0v) is 16.4. The maximum Gasteiger partial charge on any atom is 0.341 e. The molecule has 0 spiro atoms. The summed E-state index contributed by atoms with van der Waals surface area (Å²) in [5, 5.41) is 5.49. The average Bonchev–Trinajstić information content (AvgIpc) is 3.11. The fraction of sp³-hybridized carbons (Fsp3) is 0.182. The van der Waals surface area contributed by atoms with E-state index in [-0.39, 0.29) is 18.9 Å². The van der Waals surface area contributed by atoms with E-state index in [1.807, 2.05) is 36.6 Å². The van der Waals surface area contributed by atoms with Gasteiger partial charge in [0.05, 0.1) is 13.2 Å². The zero-order chi connectivity index (χ0) is 20.1. The Morgan fingerprint density at radius 3 is 2.39 bits per heavy atom. The van der Waals surface area contributed by atoms with Crippen molar-refractivity contribution in [2.75, 3.05) is 18.5 Å². The van der Waals surface area contributed by atoms with E-state index in [9.17, 15) is 14.0 Å². The summed E-state index contributed by atoms with van der Waals surface area (Å²) < 4.78 is 18.2. The van der Waals surface area contributed by atoms with Crippen LogP contribution in [-0.2, 0) is 4.74 Å². The first-order valence-electron chi connectivity index (χ1n) is 8.88. The molecule has 28 heavy (non-hydrogen) atoms. The van der Waals surface area contributed by atoms with Crippen LogP contribution in [0.3, 0.4) is 0 Å². The monoisotopic (exact) mass is 397 g/mol. The number of halogens is 1. The summed E-state index contributed by atoms with van der Waals surface area (Å²) >= 11 is 1.34. The van der Waals surface area contributed by atoms with Crippen molar-refractivity contribution in [2.45, 2.75) is 13.8 Å². The Balaban J connectivity index is 1.85. The van der Waals surface area contributed by atoms with Gasteiger partial charge in [0.2, 0.25) is 0 Å². The molecule has 4 nitrogen and oxygen atoms in total. The third-order valence-electron chi connectivity index (χ3n) is 4.21. The van der Waals surface area contributed by atoms with Crippen molar-refractivity contribution in [2.24, 2.45) is 0 Å². The fourth-order valence-corrected chi connectivity index (χ4v) is 3.69. The van der Waals surface area contributed by atoms with Crippen molar-refractivity contribution in [1.29, 1.82) is 0 Å². The average molecular weight is 397 g/mol. The molecule has 0 aliphatic carbocycles. The Morgan fingerprint density at radius 2 is 1.75 bits per heavy atom. The van der Waals surface area contributed by atoms with E-state index in [2.05, 4.69) is 5.32 Å². The van der Waals surface area contributed by atoms with Gasteiger partial charge in [0.1, 0.15) is 16.4 Å². The van der Waals surface area contributed by atoms with Gasteiger partial charge in [0.25, 0.3) is 0 Å². The minimum Gasteiger partial charge on any atom is -0.462 e. The van der Waals surface area contributed by atoms with Crippen molar-refractivity contribution in [3.05, 3.63) is 76.4 Å². The molecule has 2 aromatic carbocycles. The number of ketones is 1. The van der Waals surface area contributed by atoms with Crippen LogP contribution in [0.4, 0.5) is 9.39 Å². The van der Waals surface area contributed by atoms with E-state index in [1.165, 1.54) is 35.6 Å². The van der Waals surface area contributed by atoms with Crippen LogP contribution < -0.4 is 5.32 Å². The third-order valence-corrected chi connectivity index (χ3v) is 5.15. The maximum absolute atomic E-state index is 13.0. The Bertz CT molecular complexity index is 978. The lowest BCUT2D eigenvalue weighted by atomic mass is 10.0. The molecule has 0 saturated carbocycles. The molecule has 1 heterocycles. The van der Waals surface area contributed by atoms with Gasteiger partial charge in [0.15, 0.2) is 5.78 Å². The number of thiophene rings is 1. The molecule has 3 rings (SSSR count). The molecular formula is C22H20FNO3S. The first kappa shape index (κ1) is 19.8. The van der Waals surface area contributed by atoms with Crippen LogP contribution in [0, 0.1) is 12.7 Å². The Kier molecular flexibility index (Phi) is 6.21. The summed E-state index contributed by atoms with van der Waals surface area (Å²) in [5.41, 5.74) is 3.62. The summed E-state index contributed by atoms with van der Waals surface area (Å²) in [6.45, 7) is 4.00. The Morgan fingerprint density at radius 1 is 1.07 bits per heavy atom. The van der Waals surface area contributed by atoms with Crippen molar-refractivity contribution in [1.82, 2.24) is 0 Å². The lowest BCUT2D eigenvalue weighted by Gasteiger charge is -2.09. The fourth-order valence-electron chi connectivity index (χ4n) is 2.74. The number of carbonyl (C=O) groups is 2. The SMILES string of the molecule is CCOC(=O)c1c(-c2ccc(C)cc2)csc1NCC(=O)c1ccc(F)cc1. The molecule has 0 atom stereocenters. The van der Waals surface area contributed by atoms with E-state index in [0.717, 1.165) is 16.7 Å². The Labute approximate surface area is 167 Å². The summed E-state index contributed by atoms with van der Waals surface area (Å²) in [6.07, 6.45) is 0. The van der Waals surface area contributed by atoms with E-state index >= 15 is 0 Å². The van der Waals surface area contributed by atoms with Crippen molar-refractivity contribution < 1.29 is 18.7 Å². The number of carbonyl (C=O) groups excluding carboxylic acids is 2. The van der Waals surface area contributed by atoms with Gasteiger partial charge in [-0.05, 0) is 43.7 Å². The predicted molar refractivity (Wildman–Crippen MR) is 110 cm³/mol. The molecule has 1 N–H and O–H groups in total. The second-order valence-corrected chi connectivity index (χ2v) is 7.10. The molecule has 0 aliphatic heterocycles. The normalized spacial score (nSPS) is 10.5. The highest BCUT2D eigenvalue weighted by atomic mass is 32.1. The Hall–Kier alpha value is -2.99. The number of ether oxygens (including phenoxy) is 1. The number of Topliss-reactive ketones (excluding diaryl/α,β-unsaturated/α-hetero) is 1. The van der Waals surface area contributed by atoms with Gasteiger partial charge < -0.3 is 10.1 Å². The van der Waals surface area contributed by atoms with E-state index < -0.39 is 11.8 Å². The lowest BCUT2D eigenvalue weighted by Crippen LogP contribution is -2.16. The highest BCUT2D eigenvalue weighted by Gasteiger charge is 2.22. The van der Waals surface area contributed by atoms with E-state index in [0.29, 0.717) is 16.1 Å². The van der Waals surface area contributed by atoms with Crippen molar-refractivity contribution in [3.63, 3.8) is 0 Å². The standard InChI is InChI=1S/C22H20FNO3S/c1-3-27-22(26)20-18(15-6-4-14(2)5-7-15)13-28-21(20)24-12-19(25)16-8-10-17(23)11-9-16/h4-11,13,24H,3,12H2,1-2H3. The number of esters is 1. The van der Waals surface area contributed by atoms with Crippen LogP contribution in [0.2, 0.25) is 0 Å². The van der Waals surface area contributed by atoms with Gasteiger partial charge in [-0.2, -0.15) is 0 Å². The van der Waals surface area contributed by atoms with Gasteiger partial charge in [0, 0.05) is 16.5 Å². The van der Waals surface area contributed by atoms with Gasteiger partial charge in [-0.1, -0.05) is 29.8 Å². The highest BCUT2D eigenvalue weighted by molar-refractivity contribution is 7.15. The molecule has 6 heteroatoms. The molecule has 0 fully saturated rings. The molecule has 144 valence electrons. The van der Waals surface area contributed by atoms with Crippen LogP contribution in [0.1, 0.15) is 33.2 Å². The number of nitrogens with one attached hydrogen (secondary N) is 1.